The quantitative estimate of drug-likeness (QED) is 0.437. The number of aryl methyl sites for hydroxylation is 1. The molecule has 2 aromatic carbocycles. The number of nitrogens with zero attached hydrogens (tertiary/aromatic N) is 3. The second-order valence-corrected chi connectivity index (χ2v) is 8.39. The SMILES string of the molecule is COc1ccc(CCC2=C(C(=O)OCc3ccc(F)c(C#N)c3)C(c3cncc(C#N)c3)NC(=O)N2)cc1. The van der Waals surface area contributed by atoms with Gasteiger partial charge in [-0.05, 0) is 59.9 Å². The van der Waals surface area contributed by atoms with Crippen LogP contribution in [-0.4, -0.2) is 24.1 Å². The van der Waals surface area contributed by atoms with Crippen LogP contribution in [0.25, 0.3) is 0 Å². The lowest BCUT2D eigenvalue weighted by Gasteiger charge is -2.29. The highest BCUT2D eigenvalue weighted by atomic mass is 19.1. The molecule has 2 N–H and O–H groups in total. The van der Waals surface area contributed by atoms with Gasteiger partial charge in [0.25, 0.3) is 0 Å². The van der Waals surface area contributed by atoms with Crippen molar-refractivity contribution in [2.75, 3.05) is 7.11 Å². The molecule has 4 rings (SSSR count). The van der Waals surface area contributed by atoms with Crippen molar-refractivity contribution < 1.29 is 23.5 Å². The van der Waals surface area contributed by atoms with E-state index in [-0.39, 0.29) is 23.3 Å². The molecule has 0 saturated carbocycles. The summed E-state index contributed by atoms with van der Waals surface area (Å²) in [6.07, 6.45) is 3.65. The van der Waals surface area contributed by atoms with Gasteiger partial charge in [-0.25, -0.2) is 14.0 Å². The van der Waals surface area contributed by atoms with Crippen LogP contribution in [0.3, 0.4) is 0 Å². The summed E-state index contributed by atoms with van der Waals surface area (Å²) in [6.45, 7) is -0.222. The van der Waals surface area contributed by atoms with E-state index in [9.17, 15) is 19.2 Å². The molecule has 9 nitrogen and oxygen atoms in total. The number of pyridine rings is 1. The number of carbonyl (C=O) groups excluding carboxylic acids is 2. The van der Waals surface area contributed by atoms with Crippen molar-refractivity contribution >= 4 is 12.0 Å². The monoisotopic (exact) mass is 511 g/mol. The third-order valence-corrected chi connectivity index (χ3v) is 5.94. The maximum atomic E-state index is 13.7. The predicted octanol–water partition coefficient (Wildman–Crippen LogP) is 3.96. The number of halogens is 1. The van der Waals surface area contributed by atoms with Crippen LogP contribution >= 0.6 is 0 Å². The molecule has 2 amide bonds. The first-order valence-corrected chi connectivity index (χ1v) is 11.6. The molecule has 0 spiro atoms. The van der Waals surface area contributed by atoms with E-state index >= 15 is 0 Å². The highest BCUT2D eigenvalue weighted by Crippen LogP contribution is 2.30. The normalized spacial score (nSPS) is 14.5. The molecule has 2 heterocycles. The Bertz CT molecular complexity index is 1490. The Morgan fingerprint density at radius 1 is 1.05 bits per heavy atom. The fourth-order valence-electron chi connectivity index (χ4n) is 4.02. The van der Waals surface area contributed by atoms with Crippen molar-refractivity contribution in [3.8, 4) is 17.9 Å². The van der Waals surface area contributed by atoms with E-state index in [1.165, 1.54) is 30.6 Å². The summed E-state index contributed by atoms with van der Waals surface area (Å²) in [5, 5.41) is 23.8. The topological polar surface area (TPSA) is 137 Å². The summed E-state index contributed by atoms with van der Waals surface area (Å²) in [6, 6.07) is 15.1. The summed E-state index contributed by atoms with van der Waals surface area (Å²) in [5.74, 6) is -0.689. The molecule has 1 unspecified atom stereocenters. The minimum Gasteiger partial charge on any atom is -0.497 e. The highest BCUT2D eigenvalue weighted by Gasteiger charge is 2.34. The summed E-state index contributed by atoms with van der Waals surface area (Å²) in [5.41, 5.74) is 2.42. The van der Waals surface area contributed by atoms with Crippen LogP contribution in [0.15, 0.2) is 72.2 Å². The number of hydrogen-bond acceptors (Lipinski definition) is 7. The van der Waals surface area contributed by atoms with Gasteiger partial charge in [0.05, 0.1) is 29.9 Å². The molecular weight excluding hydrogens is 489 g/mol. The Labute approximate surface area is 218 Å². The smallest absolute Gasteiger partial charge is 0.338 e. The van der Waals surface area contributed by atoms with Crippen molar-refractivity contribution in [3.63, 3.8) is 0 Å². The lowest BCUT2D eigenvalue weighted by molar-refractivity contribution is -0.140. The first kappa shape index (κ1) is 25.9. The molecule has 0 fully saturated rings. The van der Waals surface area contributed by atoms with Gasteiger partial charge < -0.3 is 20.1 Å². The van der Waals surface area contributed by atoms with Crippen molar-refractivity contribution in [1.82, 2.24) is 15.6 Å². The number of allylic oxidation sites excluding steroid dienone is 1. The van der Waals surface area contributed by atoms with Gasteiger partial charge in [-0.2, -0.15) is 10.5 Å². The van der Waals surface area contributed by atoms with Crippen LogP contribution in [0.2, 0.25) is 0 Å². The molecule has 1 aliphatic rings. The third-order valence-electron chi connectivity index (χ3n) is 5.94. The molecule has 0 bridgehead atoms. The molecule has 0 saturated heterocycles. The van der Waals surface area contributed by atoms with Crippen molar-refractivity contribution in [2.24, 2.45) is 0 Å². The standard InChI is InChI=1S/C28H22FN5O4/c1-37-22-6-2-17(3-7-22)5-9-24-25(27(35)38-16-18-4-8-23(29)20(10-18)13-31)26(34-28(36)33-24)21-11-19(12-30)14-32-15-21/h2-4,6-8,10-11,14-15,26H,5,9,16H2,1H3,(H2,33,34,36). The second kappa shape index (κ2) is 11.7. The number of hydrogen-bond donors (Lipinski definition) is 2. The van der Waals surface area contributed by atoms with Gasteiger partial charge in [0.2, 0.25) is 0 Å². The molecule has 10 heteroatoms. The zero-order valence-electron chi connectivity index (χ0n) is 20.3. The number of benzene rings is 2. The van der Waals surface area contributed by atoms with E-state index < -0.39 is 23.9 Å². The van der Waals surface area contributed by atoms with Crippen LogP contribution in [0.4, 0.5) is 9.18 Å². The number of amides is 2. The van der Waals surface area contributed by atoms with Gasteiger partial charge in [0.15, 0.2) is 0 Å². The van der Waals surface area contributed by atoms with Crippen molar-refractivity contribution in [2.45, 2.75) is 25.5 Å². The summed E-state index contributed by atoms with van der Waals surface area (Å²) in [7, 11) is 1.58. The van der Waals surface area contributed by atoms with Gasteiger partial charge in [-0.3, -0.25) is 4.98 Å². The van der Waals surface area contributed by atoms with Gasteiger partial charge >= 0.3 is 12.0 Å². The number of nitrogens with one attached hydrogen (secondary N) is 2. The fourth-order valence-corrected chi connectivity index (χ4v) is 4.02. The maximum Gasteiger partial charge on any atom is 0.338 e. The van der Waals surface area contributed by atoms with E-state index in [4.69, 9.17) is 14.7 Å². The van der Waals surface area contributed by atoms with E-state index in [1.54, 1.807) is 13.2 Å². The number of carbonyl (C=O) groups is 2. The lowest BCUT2D eigenvalue weighted by Crippen LogP contribution is -2.46. The van der Waals surface area contributed by atoms with Crippen LogP contribution in [-0.2, 0) is 22.6 Å². The van der Waals surface area contributed by atoms with E-state index in [0.717, 1.165) is 11.6 Å². The molecule has 0 aliphatic carbocycles. The third kappa shape index (κ3) is 5.94. The molecule has 1 aliphatic heterocycles. The van der Waals surface area contributed by atoms with E-state index in [1.807, 2.05) is 30.3 Å². The first-order valence-electron chi connectivity index (χ1n) is 11.6. The molecular formula is C28H22FN5O4. The Kier molecular flexibility index (Phi) is 7.95. The summed E-state index contributed by atoms with van der Waals surface area (Å²) < 4.78 is 24.4. The van der Waals surface area contributed by atoms with Crippen LogP contribution in [0.1, 0.15) is 40.3 Å². The molecule has 38 heavy (non-hydrogen) atoms. The van der Waals surface area contributed by atoms with Crippen LogP contribution < -0.4 is 15.4 Å². The Morgan fingerprint density at radius 2 is 1.82 bits per heavy atom. The Hall–Kier alpha value is -5.22. The predicted molar refractivity (Wildman–Crippen MR) is 133 cm³/mol. The molecule has 0 radical (unpaired) electrons. The summed E-state index contributed by atoms with van der Waals surface area (Å²) >= 11 is 0. The number of methoxy groups -OCH3 is 1. The van der Waals surface area contributed by atoms with E-state index in [0.29, 0.717) is 35.4 Å². The average molecular weight is 512 g/mol. The van der Waals surface area contributed by atoms with Crippen molar-refractivity contribution in [3.05, 3.63) is 106 Å². The second-order valence-electron chi connectivity index (χ2n) is 8.39. The van der Waals surface area contributed by atoms with Gasteiger partial charge in [-0.15, -0.1) is 0 Å². The Balaban J connectivity index is 1.66. The summed E-state index contributed by atoms with van der Waals surface area (Å²) in [4.78, 5) is 30.1. The molecule has 1 atom stereocenters. The molecule has 190 valence electrons. The zero-order valence-corrected chi connectivity index (χ0v) is 20.3. The number of esters is 1. The number of nitriles is 2. The largest absolute Gasteiger partial charge is 0.497 e. The highest BCUT2D eigenvalue weighted by molar-refractivity contribution is 5.95. The van der Waals surface area contributed by atoms with Gasteiger partial charge in [0, 0.05) is 18.1 Å². The number of rotatable bonds is 8. The fraction of sp³-hybridized carbons (Fsp3) is 0.179. The van der Waals surface area contributed by atoms with Gasteiger partial charge in [-0.1, -0.05) is 18.2 Å². The zero-order chi connectivity index (χ0) is 27.1. The van der Waals surface area contributed by atoms with E-state index in [2.05, 4.69) is 15.6 Å². The number of aromatic nitrogens is 1. The molecule has 1 aromatic heterocycles. The Morgan fingerprint density at radius 3 is 2.53 bits per heavy atom. The number of urea groups is 1. The van der Waals surface area contributed by atoms with Crippen LogP contribution in [0, 0.1) is 28.5 Å². The number of ether oxygens (including phenoxy) is 2. The molecule has 3 aromatic rings. The van der Waals surface area contributed by atoms with Crippen molar-refractivity contribution in [1.29, 1.82) is 10.5 Å². The minimum absolute atomic E-state index is 0.151. The lowest BCUT2D eigenvalue weighted by atomic mass is 9.93. The van der Waals surface area contributed by atoms with Crippen LogP contribution in [0.5, 0.6) is 5.75 Å². The first-order chi connectivity index (χ1) is 18.4. The average Bonchev–Trinajstić information content (AvgIpc) is 2.95. The minimum atomic E-state index is -0.925. The maximum absolute atomic E-state index is 13.7. The van der Waals surface area contributed by atoms with Gasteiger partial charge in [0.1, 0.15) is 30.3 Å².